The fraction of sp³-hybridized carbons (Fsp3) is 0.111. The summed E-state index contributed by atoms with van der Waals surface area (Å²) in [7, 11) is 0. The minimum Gasteiger partial charge on any atom is -0.508 e. The van der Waals surface area contributed by atoms with E-state index in [9.17, 15) is 14.7 Å². The summed E-state index contributed by atoms with van der Waals surface area (Å²) in [6.07, 6.45) is 0. The molecule has 0 fully saturated rings. The lowest BCUT2D eigenvalue weighted by Gasteiger charge is -2.03. The van der Waals surface area contributed by atoms with Crippen molar-refractivity contribution in [3.63, 3.8) is 0 Å². The van der Waals surface area contributed by atoms with Gasteiger partial charge in [0, 0.05) is 6.07 Å². The summed E-state index contributed by atoms with van der Waals surface area (Å²) in [4.78, 5) is 21.3. The third-order valence-corrected chi connectivity index (χ3v) is 1.75. The van der Waals surface area contributed by atoms with Gasteiger partial charge in [0.1, 0.15) is 11.5 Å². The number of aryl methyl sites for hydroxylation is 1. The predicted octanol–water partition coefficient (Wildman–Crippen LogP) is 0.674. The van der Waals surface area contributed by atoms with Crippen molar-refractivity contribution in [3.05, 3.63) is 23.3 Å². The van der Waals surface area contributed by atoms with Crippen LogP contribution in [-0.2, 0) is 4.79 Å². The van der Waals surface area contributed by atoms with Gasteiger partial charge in [-0.1, -0.05) is 0 Å². The Bertz CT molecular complexity index is 408. The first kappa shape index (κ1) is 10.0. The Balaban J connectivity index is 3.29. The van der Waals surface area contributed by atoms with Gasteiger partial charge in [-0.05, 0) is 18.6 Å². The second kappa shape index (κ2) is 3.37. The van der Waals surface area contributed by atoms with Gasteiger partial charge in [-0.15, -0.1) is 0 Å². The number of carbonyl (C=O) groups excluding carboxylic acids is 1. The molecule has 0 aliphatic heterocycles. The van der Waals surface area contributed by atoms with Gasteiger partial charge >= 0.3 is 5.97 Å². The molecule has 5 heteroatoms. The highest BCUT2D eigenvalue weighted by Crippen LogP contribution is 2.26. The van der Waals surface area contributed by atoms with E-state index in [4.69, 9.17) is 10.2 Å². The first-order valence-electron chi connectivity index (χ1n) is 3.73. The van der Waals surface area contributed by atoms with Gasteiger partial charge in [0.25, 0.3) is 5.78 Å². The van der Waals surface area contributed by atoms with Crippen molar-refractivity contribution < 1.29 is 24.9 Å². The molecule has 0 aliphatic rings. The highest BCUT2D eigenvalue weighted by atomic mass is 16.4. The van der Waals surface area contributed by atoms with Gasteiger partial charge in [-0.3, -0.25) is 4.79 Å². The van der Waals surface area contributed by atoms with E-state index >= 15 is 0 Å². The molecule has 0 spiro atoms. The van der Waals surface area contributed by atoms with E-state index in [1.54, 1.807) is 0 Å². The van der Waals surface area contributed by atoms with E-state index in [0.717, 1.165) is 12.1 Å². The quantitative estimate of drug-likeness (QED) is 0.477. The van der Waals surface area contributed by atoms with Crippen LogP contribution >= 0.6 is 0 Å². The van der Waals surface area contributed by atoms with Crippen LogP contribution in [0.4, 0.5) is 0 Å². The van der Waals surface area contributed by atoms with Gasteiger partial charge in [0.2, 0.25) is 0 Å². The number of carboxylic acids is 1. The zero-order chi connectivity index (χ0) is 10.9. The molecule has 14 heavy (non-hydrogen) atoms. The highest BCUT2D eigenvalue weighted by Gasteiger charge is 2.19. The summed E-state index contributed by atoms with van der Waals surface area (Å²) in [6, 6.07) is 2.06. The summed E-state index contributed by atoms with van der Waals surface area (Å²) in [6.45, 7) is 1.49. The summed E-state index contributed by atoms with van der Waals surface area (Å²) < 4.78 is 0. The summed E-state index contributed by atoms with van der Waals surface area (Å²) >= 11 is 0. The van der Waals surface area contributed by atoms with E-state index in [1.807, 2.05) is 0 Å². The number of carbonyl (C=O) groups is 2. The Morgan fingerprint density at radius 3 is 2.21 bits per heavy atom. The minimum absolute atomic E-state index is 0.190. The molecule has 1 rings (SSSR count). The summed E-state index contributed by atoms with van der Waals surface area (Å²) in [5.41, 5.74) is 0.000185. The van der Waals surface area contributed by atoms with Crippen LogP contribution < -0.4 is 0 Å². The lowest BCUT2D eigenvalue weighted by Crippen LogP contribution is -2.12. The van der Waals surface area contributed by atoms with Crippen LogP contribution in [-0.4, -0.2) is 27.1 Å². The monoisotopic (exact) mass is 196 g/mol. The number of phenols is 2. The number of aliphatic carboxylic acids is 1. The van der Waals surface area contributed by atoms with Crippen molar-refractivity contribution in [1.29, 1.82) is 0 Å². The van der Waals surface area contributed by atoms with Crippen LogP contribution in [0.2, 0.25) is 0 Å². The molecule has 1 aromatic rings. The maximum Gasteiger partial charge on any atom is 0.377 e. The van der Waals surface area contributed by atoms with Crippen molar-refractivity contribution in [2.24, 2.45) is 0 Å². The van der Waals surface area contributed by atoms with Crippen LogP contribution in [0.3, 0.4) is 0 Å². The van der Waals surface area contributed by atoms with E-state index in [2.05, 4.69) is 0 Å². The molecule has 74 valence electrons. The SMILES string of the molecule is Cc1cc(C(=O)C(=O)O)c(O)cc1O. The van der Waals surface area contributed by atoms with Crippen LogP contribution in [0.1, 0.15) is 15.9 Å². The molecule has 0 radical (unpaired) electrons. The Morgan fingerprint density at radius 2 is 1.71 bits per heavy atom. The molecule has 3 N–H and O–H groups in total. The van der Waals surface area contributed by atoms with E-state index in [1.165, 1.54) is 6.92 Å². The average molecular weight is 196 g/mol. The second-order valence-electron chi connectivity index (χ2n) is 2.79. The zero-order valence-electron chi connectivity index (χ0n) is 7.31. The van der Waals surface area contributed by atoms with Gasteiger partial charge in [0.05, 0.1) is 5.56 Å². The first-order chi connectivity index (χ1) is 6.43. The van der Waals surface area contributed by atoms with E-state index < -0.39 is 17.5 Å². The maximum absolute atomic E-state index is 11.0. The van der Waals surface area contributed by atoms with Gasteiger partial charge in [-0.2, -0.15) is 0 Å². The van der Waals surface area contributed by atoms with Crippen LogP contribution in [0, 0.1) is 6.92 Å². The molecule has 5 nitrogen and oxygen atoms in total. The maximum atomic E-state index is 11.0. The molecule has 0 saturated carbocycles. The normalized spacial score (nSPS) is 9.79. The Labute approximate surface area is 79.2 Å². The standard InChI is InChI=1S/C9H8O5/c1-4-2-5(8(12)9(13)14)7(11)3-6(4)10/h2-3,10-11H,1H3,(H,13,14). The molecule has 0 aliphatic carbocycles. The molecule has 0 saturated heterocycles. The number of carboxylic acid groups (broad SMARTS) is 1. The number of hydrogen-bond acceptors (Lipinski definition) is 4. The van der Waals surface area contributed by atoms with Crippen molar-refractivity contribution in [3.8, 4) is 11.5 Å². The summed E-state index contributed by atoms with van der Waals surface area (Å²) in [5.74, 6) is -3.58. The lowest BCUT2D eigenvalue weighted by atomic mass is 10.1. The van der Waals surface area contributed by atoms with Crippen molar-refractivity contribution in [1.82, 2.24) is 0 Å². The number of hydrogen-bond donors (Lipinski definition) is 3. The Morgan fingerprint density at radius 1 is 1.14 bits per heavy atom. The molecular weight excluding hydrogens is 188 g/mol. The molecular formula is C9H8O5. The minimum atomic E-state index is -1.65. The molecule has 0 heterocycles. The molecule has 0 unspecified atom stereocenters. The zero-order valence-corrected chi connectivity index (χ0v) is 7.31. The molecule has 0 atom stereocenters. The van der Waals surface area contributed by atoms with Gasteiger partial charge < -0.3 is 15.3 Å². The molecule has 0 amide bonds. The van der Waals surface area contributed by atoms with Crippen molar-refractivity contribution >= 4 is 11.8 Å². The Hall–Kier alpha value is -2.04. The number of phenolic OH excluding ortho intramolecular Hbond substituents is 2. The first-order valence-corrected chi connectivity index (χ1v) is 3.73. The largest absolute Gasteiger partial charge is 0.508 e. The topological polar surface area (TPSA) is 94.8 Å². The third-order valence-electron chi connectivity index (χ3n) is 1.75. The van der Waals surface area contributed by atoms with Crippen molar-refractivity contribution in [2.75, 3.05) is 0 Å². The lowest BCUT2D eigenvalue weighted by molar-refractivity contribution is -0.131. The van der Waals surface area contributed by atoms with Crippen LogP contribution in [0.5, 0.6) is 11.5 Å². The predicted molar refractivity (Wildman–Crippen MR) is 46.5 cm³/mol. The number of rotatable bonds is 2. The van der Waals surface area contributed by atoms with Gasteiger partial charge in [0.15, 0.2) is 0 Å². The number of aromatic hydroxyl groups is 2. The molecule has 0 bridgehead atoms. The van der Waals surface area contributed by atoms with E-state index in [0.29, 0.717) is 5.56 Å². The summed E-state index contributed by atoms with van der Waals surface area (Å²) in [5, 5.41) is 26.7. The fourth-order valence-electron chi connectivity index (χ4n) is 0.983. The van der Waals surface area contributed by atoms with Crippen LogP contribution in [0.15, 0.2) is 12.1 Å². The third kappa shape index (κ3) is 1.66. The Kier molecular flexibility index (Phi) is 2.42. The van der Waals surface area contributed by atoms with E-state index in [-0.39, 0.29) is 11.3 Å². The fourth-order valence-corrected chi connectivity index (χ4v) is 0.983. The second-order valence-corrected chi connectivity index (χ2v) is 2.79. The smallest absolute Gasteiger partial charge is 0.377 e. The highest BCUT2D eigenvalue weighted by molar-refractivity contribution is 6.40. The van der Waals surface area contributed by atoms with Crippen LogP contribution in [0.25, 0.3) is 0 Å². The number of benzene rings is 1. The number of Topliss-reactive ketones (excluding diaryl/α,β-unsaturated/α-hetero) is 1. The average Bonchev–Trinajstić information content (AvgIpc) is 2.10. The molecule has 1 aromatic carbocycles. The van der Waals surface area contributed by atoms with Crippen molar-refractivity contribution in [2.45, 2.75) is 6.92 Å². The number of ketones is 1. The van der Waals surface area contributed by atoms with Gasteiger partial charge in [-0.25, -0.2) is 4.79 Å². The molecule has 0 aromatic heterocycles.